The second-order valence-electron chi connectivity index (χ2n) is 3.43. The van der Waals surface area contributed by atoms with Crippen LogP contribution in [0.2, 0.25) is 0 Å². The summed E-state index contributed by atoms with van der Waals surface area (Å²) >= 11 is 0. The Bertz CT molecular complexity index is 572. The van der Waals surface area contributed by atoms with Gasteiger partial charge in [-0.15, -0.1) is 0 Å². The van der Waals surface area contributed by atoms with Crippen LogP contribution in [0, 0.1) is 0 Å². The van der Waals surface area contributed by atoms with Crippen molar-refractivity contribution in [3.05, 3.63) is 36.2 Å². The molecule has 0 aromatic carbocycles. The molecule has 0 aliphatic carbocycles. The number of aromatic amines is 2. The molecule has 0 radical (unpaired) electrons. The van der Waals surface area contributed by atoms with E-state index in [0.29, 0.717) is 11.5 Å². The number of nitrogens with one attached hydrogen (secondary N) is 3. The predicted octanol–water partition coefficient (Wildman–Crippen LogP) is -0.325. The lowest BCUT2D eigenvalue weighted by Gasteiger charge is -2.02. The van der Waals surface area contributed by atoms with E-state index in [4.69, 9.17) is 5.73 Å². The Kier molecular flexibility index (Phi) is 3.27. The summed E-state index contributed by atoms with van der Waals surface area (Å²) in [4.78, 5) is 9.69. The fourth-order valence-electron chi connectivity index (χ4n) is 1.33. The van der Waals surface area contributed by atoms with E-state index >= 15 is 0 Å². The highest BCUT2D eigenvalue weighted by molar-refractivity contribution is 7.89. The van der Waals surface area contributed by atoms with Crippen LogP contribution < -0.4 is 10.5 Å². The standard InChI is InChI=1S/C9H13N5O2S/c10-4-7-3-8(5-13-7)17(15,16)14-6-9-11-1-2-12-9/h1-3,5,13-14H,4,6,10H2,(H,11,12). The number of H-pyrrole nitrogens is 2. The number of aromatic nitrogens is 3. The smallest absolute Gasteiger partial charge is 0.242 e. The van der Waals surface area contributed by atoms with Crippen molar-refractivity contribution in [1.29, 1.82) is 0 Å². The summed E-state index contributed by atoms with van der Waals surface area (Å²) in [6.07, 6.45) is 4.60. The molecule has 92 valence electrons. The molecule has 7 nitrogen and oxygen atoms in total. The minimum absolute atomic E-state index is 0.123. The zero-order valence-electron chi connectivity index (χ0n) is 8.97. The summed E-state index contributed by atoms with van der Waals surface area (Å²) in [5.41, 5.74) is 6.07. The van der Waals surface area contributed by atoms with E-state index in [1.807, 2.05) is 0 Å². The predicted molar refractivity (Wildman–Crippen MR) is 61.3 cm³/mol. The Morgan fingerprint density at radius 2 is 2.24 bits per heavy atom. The maximum atomic E-state index is 11.8. The third kappa shape index (κ3) is 2.73. The first-order chi connectivity index (χ1) is 8.12. The largest absolute Gasteiger partial charge is 0.363 e. The lowest BCUT2D eigenvalue weighted by molar-refractivity contribution is 0.580. The Labute approximate surface area is 98.5 Å². The Morgan fingerprint density at radius 1 is 1.41 bits per heavy atom. The van der Waals surface area contributed by atoms with Crippen molar-refractivity contribution in [3.63, 3.8) is 0 Å². The summed E-state index contributed by atoms with van der Waals surface area (Å²) in [6, 6.07) is 1.50. The topological polar surface area (TPSA) is 117 Å². The van der Waals surface area contributed by atoms with Crippen LogP contribution in [-0.4, -0.2) is 23.4 Å². The number of nitrogens with two attached hydrogens (primary N) is 1. The van der Waals surface area contributed by atoms with E-state index in [-0.39, 0.29) is 18.0 Å². The second-order valence-corrected chi connectivity index (χ2v) is 5.19. The molecule has 2 aromatic heterocycles. The van der Waals surface area contributed by atoms with Crippen LogP contribution in [0.1, 0.15) is 11.5 Å². The molecular formula is C9H13N5O2S. The van der Waals surface area contributed by atoms with Crippen LogP contribution in [0.25, 0.3) is 0 Å². The van der Waals surface area contributed by atoms with Gasteiger partial charge in [0.2, 0.25) is 10.0 Å². The average Bonchev–Trinajstić information content (AvgIpc) is 2.98. The van der Waals surface area contributed by atoms with E-state index < -0.39 is 10.0 Å². The van der Waals surface area contributed by atoms with Gasteiger partial charge in [0, 0.05) is 30.8 Å². The molecule has 2 rings (SSSR count). The van der Waals surface area contributed by atoms with Crippen LogP contribution in [0.5, 0.6) is 0 Å². The van der Waals surface area contributed by atoms with Gasteiger partial charge in [-0.3, -0.25) is 0 Å². The summed E-state index contributed by atoms with van der Waals surface area (Å²) in [7, 11) is -3.52. The minimum atomic E-state index is -3.52. The maximum Gasteiger partial charge on any atom is 0.242 e. The molecule has 0 bridgehead atoms. The summed E-state index contributed by atoms with van der Waals surface area (Å²) in [5.74, 6) is 0.558. The van der Waals surface area contributed by atoms with Crippen molar-refractivity contribution in [2.75, 3.05) is 0 Å². The van der Waals surface area contributed by atoms with Gasteiger partial charge in [0.15, 0.2) is 0 Å². The highest BCUT2D eigenvalue weighted by atomic mass is 32.2. The quantitative estimate of drug-likeness (QED) is 0.585. The molecule has 0 spiro atoms. The molecule has 0 atom stereocenters. The first-order valence-electron chi connectivity index (χ1n) is 4.97. The molecule has 0 saturated heterocycles. The lowest BCUT2D eigenvalue weighted by atomic mass is 10.4. The third-order valence-electron chi connectivity index (χ3n) is 2.23. The number of hydrogen-bond donors (Lipinski definition) is 4. The van der Waals surface area contributed by atoms with Gasteiger partial charge in [-0.1, -0.05) is 0 Å². The Hall–Kier alpha value is -1.64. The average molecular weight is 255 g/mol. The summed E-state index contributed by atoms with van der Waals surface area (Å²) in [6.45, 7) is 0.395. The molecule has 17 heavy (non-hydrogen) atoms. The number of nitrogens with zero attached hydrogens (tertiary/aromatic N) is 1. The lowest BCUT2D eigenvalue weighted by Crippen LogP contribution is -2.23. The molecule has 0 fully saturated rings. The third-order valence-corrected chi connectivity index (χ3v) is 3.61. The molecule has 0 aliphatic rings. The van der Waals surface area contributed by atoms with E-state index in [9.17, 15) is 8.42 Å². The number of imidazole rings is 1. The first kappa shape index (κ1) is 11.8. The van der Waals surface area contributed by atoms with Gasteiger partial charge in [-0.25, -0.2) is 18.1 Å². The van der Waals surface area contributed by atoms with Gasteiger partial charge >= 0.3 is 0 Å². The molecule has 2 aromatic rings. The van der Waals surface area contributed by atoms with Crippen molar-refractivity contribution in [1.82, 2.24) is 19.7 Å². The fourth-order valence-corrected chi connectivity index (χ4v) is 2.34. The summed E-state index contributed by atoms with van der Waals surface area (Å²) < 4.78 is 26.1. The molecule has 0 aliphatic heterocycles. The molecule has 8 heteroatoms. The van der Waals surface area contributed by atoms with Gasteiger partial charge in [0.25, 0.3) is 0 Å². The van der Waals surface area contributed by atoms with Gasteiger partial charge < -0.3 is 15.7 Å². The Balaban J connectivity index is 2.08. The van der Waals surface area contributed by atoms with Gasteiger partial charge in [0.05, 0.1) is 11.4 Å². The molecule has 0 unspecified atom stereocenters. The number of hydrogen-bond acceptors (Lipinski definition) is 4. The van der Waals surface area contributed by atoms with Crippen molar-refractivity contribution in [3.8, 4) is 0 Å². The van der Waals surface area contributed by atoms with Crippen molar-refractivity contribution in [2.45, 2.75) is 18.0 Å². The van der Waals surface area contributed by atoms with Crippen LogP contribution in [0.4, 0.5) is 0 Å². The molecular weight excluding hydrogens is 242 g/mol. The zero-order valence-corrected chi connectivity index (χ0v) is 9.79. The monoisotopic (exact) mass is 255 g/mol. The van der Waals surface area contributed by atoms with Gasteiger partial charge in [-0.2, -0.15) is 0 Å². The maximum absolute atomic E-state index is 11.8. The van der Waals surface area contributed by atoms with Crippen molar-refractivity contribution < 1.29 is 8.42 Å². The van der Waals surface area contributed by atoms with E-state index in [1.54, 1.807) is 12.4 Å². The second kappa shape index (κ2) is 4.70. The van der Waals surface area contributed by atoms with Crippen LogP contribution in [-0.2, 0) is 23.1 Å². The molecule has 0 saturated carbocycles. The van der Waals surface area contributed by atoms with E-state index in [0.717, 1.165) is 0 Å². The van der Waals surface area contributed by atoms with Crippen LogP contribution >= 0.6 is 0 Å². The van der Waals surface area contributed by atoms with E-state index in [2.05, 4.69) is 19.7 Å². The summed E-state index contributed by atoms with van der Waals surface area (Å²) in [5, 5.41) is 0. The highest BCUT2D eigenvalue weighted by Gasteiger charge is 2.15. The first-order valence-corrected chi connectivity index (χ1v) is 6.45. The van der Waals surface area contributed by atoms with Gasteiger partial charge in [-0.05, 0) is 6.07 Å². The fraction of sp³-hybridized carbons (Fsp3) is 0.222. The van der Waals surface area contributed by atoms with Crippen molar-refractivity contribution in [2.24, 2.45) is 5.73 Å². The highest BCUT2D eigenvalue weighted by Crippen LogP contribution is 2.10. The van der Waals surface area contributed by atoms with E-state index in [1.165, 1.54) is 12.3 Å². The van der Waals surface area contributed by atoms with Crippen LogP contribution in [0.3, 0.4) is 0 Å². The zero-order chi connectivity index (χ0) is 12.3. The normalized spacial score (nSPS) is 11.8. The molecule has 0 amide bonds. The number of rotatable bonds is 5. The van der Waals surface area contributed by atoms with Crippen molar-refractivity contribution >= 4 is 10.0 Å². The molecule has 2 heterocycles. The van der Waals surface area contributed by atoms with Crippen LogP contribution in [0.15, 0.2) is 29.6 Å². The number of sulfonamides is 1. The Morgan fingerprint density at radius 3 is 2.82 bits per heavy atom. The molecule has 5 N–H and O–H groups in total. The van der Waals surface area contributed by atoms with Gasteiger partial charge in [0.1, 0.15) is 5.82 Å². The SMILES string of the molecule is NCc1cc(S(=O)(=O)NCc2ncc[nH]2)c[nH]1. The minimum Gasteiger partial charge on any atom is -0.363 e.